The van der Waals surface area contributed by atoms with Gasteiger partial charge in [-0.05, 0) is 60.6 Å². The van der Waals surface area contributed by atoms with E-state index in [0.717, 1.165) is 25.4 Å². The monoisotopic (exact) mass is 522 g/mol. The highest BCUT2D eigenvalue weighted by Gasteiger charge is 2.33. The Balaban J connectivity index is 0.00000420. The van der Waals surface area contributed by atoms with Gasteiger partial charge in [-0.25, -0.2) is 0 Å². The van der Waals surface area contributed by atoms with Crippen molar-refractivity contribution >= 4 is 29.9 Å². The first-order chi connectivity index (χ1) is 13.0. The van der Waals surface area contributed by atoms with Gasteiger partial charge in [0.05, 0.1) is 25.3 Å². The lowest BCUT2D eigenvalue weighted by Crippen LogP contribution is -2.56. The lowest BCUT2D eigenvalue weighted by molar-refractivity contribution is -0.0939. The van der Waals surface area contributed by atoms with Crippen molar-refractivity contribution in [2.24, 2.45) is 4.99 Å². The Morgan fingerprint density at radius 1 is 1.21 bits per heavy atom. The standard InChI is InChI=1S/C21H38N4O3.HI/c1-8-22-19(24-14-21(7,26)18-10-9-15(2)28-18)23-13-20(5,6)25-11-16(3)27-17(4)12-25;/h9-10,16-17,26H,8,11-14H2,1-7H3,(H2,22,23,24);1H. The molecule has 0 saturated carbocycles. The quantitative estimate of drug-likeness (QED) is 0.290. The van der Waals surface area contributed by atoms with Gasteiger partial charge >= 0.3 is 0 Å². The molecule has 1 saturated heterocycles. The number of hydrogen-bond acceptors (Lipinski definition) is 5. The van der Waals surface area contributed by atoms with Crippen LogP contribution in [0.4, 0.5) is 0 Å². The zero-order valence-corrected chi connectivity index (χ0v) is 21.2. The van der Waals surface area contributed by atoms with Crippen LogP contribution in [0.3, 0.4) is 0 Å². The van der Waals surface area contributed by atoms with Crippen molar-refractivity contribution in [1.29, 1.82) is 0 Å². The van der Waals surface area contributed by atoms with E-state index in [9.17, 15) is 5.11 Å². The van der Waals surface area contributed by atoms with Gasteiger partial charge in [0.15, 0.2) is 5.96 Å². The third-order valence-electron chi connectivity index (χ3n) is 5.12. The zero-order valence-electron chi connectivity index (χ0n) is 18.9. The molecule has 3 unspecified atom stereocenters. The van der Waals surface area contributed by atoms with E-state index in [1.54, 1.807) is 6.92 Å². The summed E-state index contributed by atoms with van der Waals surface area (Å²) in [5.41, 5.74) is -1.20. The predicted octanol–water partition coefficient (Wildman–Crippen LogP) is 2.86. The van der Waals surface area contributed by atoms with E-state index in [1.807, 2.05) is 26.0 Å². The van der Waals surface area contributed by atoms with Crippen molar-refractivity contribution in [3.05, 3.63) is 23.7 Å². The summed E-state index contributed by atoms with van der Waals surface area (Å²) in [6, 6.07) is 3.67. The molecule has 3 N–H and O–H groups in total. The van der Waals surface area contributed by atoms with Gasteiger partial charge in [-0.1, -0.05) is 0 Å². The number of aliphatic hydroxyl groups is 1. The van der Waals surface area contributed by atoms with Crippen LogP contribution in [0.1, 0.15) is 53.1 Å². The molecule has 0 aliphatic carbocycles. The fraction of sp³-hybridized carbons (Fsp3) is 0.762. The summed E-state index contributed by atoms with van der Waals surface area (Å²) in [6.07, 6.45) is 0.454. The second kappa shape index (κ2) is 11.0. The summed E-state index contributed by atoms with van der Waals surface area (Å²) in [5, 5.41) is 17.3. The molecule has 7 nitrogen and oxygen atoms in total. The predicted molar refractivity (Wildman–Crippen MR) is 128 cm³/mol. The van der Waals surface area contributed by atoms with Gasteiger partial charge in [0.1, 0.15) is 17.1 Å². The average molecular weight is 522 g/mol. The van der Waals surface area contributed by atoms with E-state index in [-0.39, 0.29) is 41.7 Å². The number of halogens is 1. The van der Waals surface area contributed by atoms with Crippen LogP contribution in [0.5, 0.6) is 0 Å². The molecule has 1 aromatic heterocycles. The molecule has 2 rings (SSSR count). The Kier molecular flexibility index (Phi) is 9.91. The minimum atomic E-state index is -1.12. The molecule has 1 fully saturated rings. The number of aliphatic imine (C=N–C) groups is 1. The van der Waals surface area contributed by atoms with Crippen molar-refractivity contribution in [2.75, 3.05) is 32.7 Å². The van der Waals surface area contributed by atoms with Gasteiger partial charge in [0.2, 0.25) is 0 Å². The van der Waals surface area contributed by atoms with Gasteiger partial charge in [-0.2, -0.15) is 0 Å². The number of nitrogens with one attached hydrogen (secondary N) is 2. The maximum absolute atomic E-state index is 10.7. The number of hydrogen-bond donors (Lipinski definition) is 3. The molecule has 168 valence electrons. The smallest absolute Gasteiger partial charge is 0.191 e. The number of nitrogens with zero attached hydrogens (tertiary/aromatic N) is 2. The average Bonchev–Trinajstić information content (AvgIpc) is 3.04. The molecule has 0 spiro atoms. The highest BCUT2D eigenvalue weighted by atomic mass is 127. The molecular weight excluding hydrogens is 483 g/mol. The third kappa shape index (κ3) is 7.73. The summed E-state index contributed by atoms with van der Waals surface area (Å²) in [6.45, 7) is 17.8. The van der Waals surface area contributed by atoms with E-state index in [2.05, 4.69) is 43.2 Å². The number of aryl methyl sites for hydroxylation is 1. The van der Waals surface area contributed by atoms with Crippen LogP contribution < -0.4 is 10.6 Å². The van der Waals surface area contributed by atoms with Crippen LogP contribution in [-0.4, -0.2) is 66.4 Å². The first-order valence-electron chi connectivity index (χ1n) is 10.3. The molecule has 2 heterocycles. The molecule has 1 aliphatic heterocycles. The maximum atomic E-state index is 10.7. The number of furan rings is 1. The highest BCUT2D eigenvalue weighted by Crippen LogP contribution is 2.23. The van der Waals surface area contributed by atoms with Crippen LogP contribution in [0.2, 0.25) is 0 Å². The summed E-state index contributed by atoms with van der Waals surface area (Å²) < 4.78 is 11.4. The first kappa shape index (κ1) is 26.2. The Hall–Kier alpha value is -0.840. The first-order valence-corrected chi connectivity index (χ1v) is 10.3. The molecule has 0 radical (unpaired) electrons. The summed E-state index contributed by atoms with van der Waals surface area (Å²) in [7, 11) is 0. The van der Waals surface area contributed by atoms with E-state index in [1.165, 1.54) is 0 Å². The van der Waals surface area contributed by atoms with Crippen LogP contribution in [0, 0.1) is 6.92 Å². The summed E-state index contributed by atoms with van der Waals surface area (Å²) >= 11 is 0. The van der Waals surface area contributed by atoms with E-state index in [0.29, 0.717) is 24.8 Å². The van der Waals surface area contributed by atoms with Gasteiger partial charge < -0.3 is 24.9 Å². The van der Waals surface area contributed by atoms with Crippen molar-refractivity contribution in [3.63, 3.8) is 0 Å². The topological polar surface area (TPSA) is 82.3 Å². The second-order valence-electron chi connectivity index (χ2n) is 8.71. The van der Waals surface area contributed by atoms with Crippen molar-refractivity contribution in [2.45, 2.75) is 71.8 Å². The normalized spacial score (nSPS) is 23.2. The van der Waals surface area contributed by atoms with Crippen LogP contribution in [0.15, 0.2) is 21.5 Å². The number of ether oxygens (including phenoxy) is 1. The van der Waals surface area contributed by atoms with Crippen LogP contribution in [-0.2, 0) is 10.3 Å². The van der Waals surface area contributed by atoms with Gasteiger partial charge in [0.25, 0.3) is 0 Å². The lowest BCUT2D eigenvalue weighted by atomic mass is 10.0. The zero-order chi connectivity index (χ0) is 20.9. The fourth-order valence-corrected chi connectivity index (χ4v) is 3.45. The van der Waals surface area contributed by atoms with Crippen molar-refractivity contribution in [1.82, 2.24) is 15.5 Å². The Morgan fingerprint density at radius 3 is 2.34 bits per heavy atom. The molecule has 8 heteroatoms. The number of morpholine rings is 1. The summed E-state index contributed by atoms with van der Waals surface area (Å²) in [5.74, 6) is 2.02. The van der Waals surface area contributed by atoms with Crippen LogP contribution in [0.25, 0.3) is 0 Å². The van der Waals surface area contributed by atoms with Crippen molar-refractivity contribution in [3.8, 4) is 0 Å². The van der Waals surface area contributed by atoms with Gasteiger partial charge in [-0.3, -0.25) is 9.89 Å². The molecule has 0 aromatic carbocycles. The second-order valence-corrected chi connectivity index (χ2v) is 8.71. The largest absolute Gasteiger partial charge is 0.463 e. The molecule has 1 aromatic rings. The molecule has 0 amide bonds. The molecule has 3 atom stereocenters. The highest BCUT2D eigenvalue weighted by molar-refractivity contribution is 14.0. The number of rotatable bonds is 7. The Labute approximate surface area is 192 Å². The number of guanidine groups is 1. The SMILES string of the molecule is CCNC(=NCC(C)(C)N1CC(C)OC(C)C1)NCC(C)(O)c1ccc(C)o1.I. The lowest BCUT2D eigenvalue weighted by Gasteiger charge is -2.44. The molecule has 1 aliphatic rings. The molecular formula is C21H39IN4O3. The maximum Gasteiger partial charge on any atom is 0.191 e. The van der Waals surface area contributed by atoms with Gasteiger partial charge in [0, 0.05) is 25.2 Å². The fourth-order valence-electron chi connectivity index (χ4n) is 3.45. The molecule has 29 heavy (non-hydrogen) atoms. The van der Waals surface area contributed by atoms with Crippen LogP contribution >= 0.6 is 24.0 Å². The van der Waals surface area contributed by atoms with E-state index >= 15 is 0 Å². The Bertz CT molecular complexity index is 650. The van der Waals surface area contributed by atoms with Crippen molar-refractivity contribution < 1.29 is 14.3 Å². The minimum absolute atomic E-state index is 0. The van der Waals surface area contributed by atoms with Gasteiger partial charge in [-0.15, -0.1) is 24.0 Å². The van der Waals surface area contributed by atoms with E-state index < -0.39 is 5.60 Å². The Morgan fingerprint density at radius 2 is 1.83 bits per heavy atom. The van der Waals surface area contributed by atoms with E-state index in [4.69, 9.17) is 14.1 Å². The summed E-state index contributed by atoms with van der Waals surface area (Å²) in [4.78, 5) is 7.23. The third-order valence-corrected chi connectivity index (χ3v) is 5.12. The molecule has 0 bridgehead atoms. The minimum Gasteiger partial charge on any atom is -0.463 e.